The van der Waals surface area contributed by atoms with Crippen LogP contribution in [0.4, 0.5) is 0 Å². The molecule has 18 heavy (non-hydrogen) atoms. The topological polar surface area (TPSA) is 21.3 Å². The Hall–Kier alpha value is -1.12. The first kappa shape index (κ1) is 14.9. The third-order valence-corrected chi connectivity index (χ3v) is 2.75. The van der Waals surface area contributed by atoms with Crippen LogP contribution in [0.2, 0.25) is 0 Å². The number of ether oxygens (including phenoxy) is 1. The molecule has 0 aliphatic rings. The van der Waals surface area contributed by atoms with Gasteiger partial charge in [-0.3, -0.25) is 0 Å². The Labute approximate surface area is 111 Å². The van der Waals surface area contributed by atoms with Gasteiger partial charge in [0.05, 0.1) is 13.2 Å². The summed E-state index contributed by atoms with van der Waals surface area (Å²) in [5.74, 6) is 0.600. The first-order valence-corrected chi connectivity index (χ1v) is 6.61. The molecule has 0 heterocycles. The zero-order valence-electron chi connectivity index (χ0n) is 11.8. The summed E-state index contributed by atoms with van der Waals surface area (Å²) in [6.45, 7) is 13.4. The number of hydrogen-bond donors (Lipinski definition) is 1. The van der Waals surface area contributed by atoms with Crippen molar-refractivity contribution < 1.29 is 4.74 Å². The SMILES string of the molecule is C=C(C)COCCNCc1ccc(C(C)C)cc1. The highest BCUT2D eigenvalue weighted by atomic mass is 16.5. The quantitative estimate of drug-likeness (QED) is 0.561. The molecule has 1 rings (SSSR count). The van der Waals surface area contributed by atoms with Crippen molar-refractivity contribution in [2.24, 2.45) is 0 Å². The van der Waals surface area contributed by atoms with Gasteiger partial charge in [-0.2, -0.15) is 0 Å². The van der Waals surface area contributed by atoms with E-state index < -0.39 is 0 Å². The van der Waals surface area contributed by atoms with Crippen LogP contribution < -0.4 is 5.32 Å². The molecule has 0 aromatic heterocycles. The fourth-order valence-electron chi connectivity index (χ4n) is 1.64. The minimum atomic E-state index is 0.600. The molecule has 1 aromatic carbocycles. The molecule has 0 aliphatic heterocycles. The minimum absolute atomic E-state index is 0.600. The van der Waals surface area contributed by atoms with E-state index in [0.717, 1.165) is 25.3 Å². The van der Waals surface area contributed by atoms with E-state index in [4.69, 9.17) is 4.74 Å². The van der Waals surface area contributed by atoms with Crippen LogP contribution in [-0.2, 0) is 11.3 Å². The summed E-state index contributed by atoms with van der Waals surface area (Å²) >= 11 is 0. The van der Waals surface area contributed by atoms with Crippen LogP contribution >= 0.6 is 0 Å². The zero-order valence-corrected chi connectivity index (χ0v) is 11.8. The third kappa shape index (κ3) is 5.99. The lowest BCUT2D eigenvalue weighted by molar-refractivity contribution is 0.158. The van der Waals surface area contributed by atoms with Gasteiger partial charge in [-0.05, 0) is 24.0 Å². The summed E-state index contributed by atoms with van der Waals surface area (Å²) in [6.07, 6.45) is 0. The average molecular weight is 247 g/mol. The van der Waals surface area contributed by atoms with Crippen molar-refractivity contribution in [2.75, 3.05) is 19.8 Å². The lowest BCUT2D eigenvalue weighted by Gasteiger charge is -2.08. The van der Waals surface area contributed by atoms with E-state index >= 15 is 0 Å². The van der Waals surface area contributed by atoms with Gasteiger partial charge in [-0.1, -0.05) is 50.3 Å². The molecule has 0 atom stereocenters. The van der Waals surface area contributed by atoms with E-state index in [1.165, 1.54) is 11.1 Å². The fraction of sp³-hybridized carbons (Fsp3) is 0.500. The highest BCUT2D eigenvalue weighted by Crippen LogP contribution is 2.14. The summed E-state index contributed by atoms with van der Waals surface area (Å²) in [4.78, 5) is 0. The first-order valence-electron chi connectivity index (χ1n) is 6.61. The van der Waals surface area contributed by atoms with Gasteiger partial charge < -0.3 is 10.1 Å². The summed E-state index contributed by atoms with van der Waals surface area (Å²) in [6, 6.07) is 8.80. The molecule has 0 spiro atoms. The van der Waals surface area contributed by atoms with Crippen LogP contribution in [-0.4, -0.2) is 19.8 Å². The predicted octanol–water partition coefficient (Wildman–Crippen LogP) is 3.49. The summed E-state index contributed by atoms with van der Waals surface area (Å²) < 4.78 is 5.42. The highest BCUT2D eigenvalue weighted by molar-refractivity contribution is 5.24. The van der Waals surface area contributed by atoms with Crippen LogP contribution in [0.5, 0.6) is 0 Å². The zero-order chi connectivity index (χ0) is 13.4. The maximum absolute atomic E-state index is 5.42. The standard InChI is InChI=1S/C16H25NO/c1-13(2)12-18-10-9-17-11-15-5-7-16(8-6-15)14(3)4/h5-8,14,17H,1,9-12H2,2-4H3. The van der Waals surface area contributed by atoms with Gasteiger partial charge in [0.25, 0.3) is 0 Å². The minimum Gasteiger partial charge on any atom is -0.376 e. The second kappa shape index (κ2) is 8.06. The molecule has 1 aromatic rings. The predicted molar refractivity (Wildman–Crippen MR) is 77.9 cm³/mol. The van der Waals surface area contributed by atoms with Crippen molar-refractivity contribution >= 4 is 0 Å². The Morgan fingerprint density at radius 1 is 1.28 bits per heavy atom. The molecule has 1 N–H and O–H groups in total. The third-order valence-electron chi connectivity index (χ3n) is 2.75. The van der Waals surface area contributed by atoms with Crippen molar-refractivity contribution in [3.05, 3.63) is 47.5 Å². The summed E-state index contributed by atoms with van der Waals surface area (Å²) in [7, 11) is 0. The van der Waals surface area contributed by atoms with Crippen molar-refractivity contribution in [1.82, 2.24) is 5.32 Å². The van der Waals surface area contributed by atoms with Crippen LogP contribution in [0.1, 0.15) is 37.8 Å². The van der Waals surface area contributed by atoms with E-state index in [9.17, 15) is 0 Å². The monoisotopic (exact) mass is 247 g/mol. The lowest BCUT2D eigenvalue weighted by Crippen LogP contribution is -2.19. The van der Waals surface area contributed by atoms with Gasteiger partial charge in [0, 0.05) is 13.1 Å². The molecule has 0 saturated carbocycles. The number of nitrogens with one attached hydrogen (secondary N) is 1. The van der Waals surface area contributed by atoms with Gasteiger partial charge in [-0.15, -0.1) is 0 Å². The number of hydrogen-bond acceptors (Lipinski definition) is 2. The number of rotatable bonds is 8. The smallest absolute Gasteiger partial charge is 0.0672 e. The van der Waals surface area contributed by atoms with Crippen LogP contribution in [0.3, 0.4) is 0 Å². The van der Waals surface area contributed by atoms with E-state index in [1.54, 1.807) is 0 Å². The van der Waals surface area contributed by atoms with E-state index in [0.29, 0.717) is 12.5 Å². The van der Waals surface area contributed by atoms with Gasteiger partial charge in [-0.25, -0.2) is 0 Å². The van der Waals surface area contributed by atoms with E-state index in [-0.39, 0.29) is 0 Å². The van der Waals surface area contributed by atoms with Crippen molar-refractivity contribution in [3.8, 4) is 0 Å². The molecule has 0 unspecified atom stereocenters. The van der Waals surface area contributed by atoms with Gasteiger partial charge in [0.15, 0.2) is 0 Å². The van der Waals surface area contributed by atoms with E-state index in [1.807, 2.05) is 6.92 Å². The van der Waals surface area contributed by atoms with Crippen LogP contribution in [0.15, 0.2) is 36.4 Å². The molecule has 0 amide bonds. The van der Waals surface area contributed by atoms with Crippen LogP contribution in [0.25, 0.3) is 0 Å². The molecular weight excluding hydrogens is 222 g/mol. The normalized spacial score (nSPS) is 10.9. The van der Waals surface area contributed by atoms with E-state index in [2.05, 4.69) is 50.0 Å². The Morgan fingerprint density at radius 2 is 1.94 bits per heavy atom. The summed E-state index contributed by atoms with van der Waals surface area (Å²) in [5, 5.41) is 3.37. The second-order valence-corrected chi connectivity index (χ2v) is 5.08. The van der Waals surface area contributed by atoms with Gasteiger partial charge in [0.2, 0.25) is 0 Å². The second-order valence-electron chi connectivity index (χ2n) is 5.08. The highest BCUT2D eigenvalue weighted by Gasteiger charge is 1.98. The average Bonchev–Trinajstić information content (AvgIpc) is 2.34. The first-order chi connectivity index (χ1) is 8.59. The Kier molecular flexibility index (Phi) is 6.69. The molecule has 2 nitrogen and oxygen atoms in total. The molecule has 0 aliphatic carbocycles. The molecule has 2 heteroatoms. The fourth-order valence-corrected chi connectivity index (χ4v) is 1.64. The number of benzene rings is 1. The largest absolute Gasteiger partial charge is 0.376 e. The van der Waals surface area contributed by atoms with Crippen molar-refractivity contribution in [3.63, 3.8) is 0 Å². The van der Waals surface area contributed by atoms with Crippen LogP contribution in [0, 0.1) is 0 Å². The van der Waals surface area contributed by atoms with Crippen molar-refractivity contribution in [1.29, 1.82) is 0 Å². The maximum Gasteiger partial charge on any atom is 0.0672 e. The lowest BCUT2D eigenvalue weighted by atomic mass is 10.0. The molecule has 0 saturated heterocycles. The molecule has 0 radical (unpaired) electrons. The van der Waals surface area contributed by atoms with Gasteiger partial charge >= 0.3 is 0 Å². The Bertz CT molecular complexity index is 354. The van der Waals surface area contributed by atoms with Gasteiger partial charge in [0.1, 0.15) is 0 Å². The maximum atomic E-state index is 5.42. The Balaban J connectivity index is 2.17. The summed E-state index contributed by atoms with van der Waals surface area (Å²) in [5.41, 5.74) is 3.78. The Morgan fingerprint density at radius 3 is 2.50 bits per heavy atom. The molecule has 100 valence electrons. The molecular formula is C16H25NO. The van der Waals surface area contributed by atoms with Crippen molar-refractivity contribution in [2.45, 2.75) is 33.2 Å². The molecule has 0 fully saturated rings. The molecule has 0 bridgehead atoms.